The maximum Gasteiger partial charge on any atom is 0.265 e. The molecular weight excluding hydrogens is 440 g/mol. The standard InChI is InChI=1S/C20H28N4O5S2/c1-4-15(2)16-5-7-17(8-6-16)30(26,27)23-9-11-24(12-10-23)31(28,29)18-13-19(20(21)25)22(3)14-18/h5-8,13-15H,4,9-12H2,1-3H3,(H2,21,25). The van der Waals surface area contributed by atoms with Crippen molar-refractivity contribution in [3.05, 3.63) is 47.8 Å². The molecule has 0 bridgehead atoms. The van der Waals surface area contributed by atoms with Crippen molar-refractivity contribution in [2.24, 2.45) is 12.8 Å². The average Bonchev–Trinajstić information content (AvgIpc) is 3.16. The van der Waals surface area contributed by atoms with Crippen LogP contribution in [0.25, 0.3) is 0 Å². The van der Waals surface area contributed by atoms with Crippen LogP contribution in [0.5, 0.6) is 0 Å². The first-order valence-corrected chi connectivity index (χ1v) is 12.9. The van der Waals surface area contributed by atoms with E-state index < -0.39 is 26.0 Å². The smallest absolute Gasteiger partial charge is 0.265 e. The van der Waals surface area contributed by atoms with Crippen molar-refractivity contribution in [2.45, 2.75) is 36.0 Å². The van der Waals surface area contributed by atoms with Gasteiger partial charge in [0.25, 0.3) is 5.91 Å². The van der Waals surface area contributed by atoms with E-state index in [4.69, 9.17) is 5.73 Å². The molecular formula is C20H28N4O5S2. The number of aryl methyl sites for hydroxylation is 1. The molecule has 1 unspecified atom stereocenters. The number of sulfonamides is 2. The van der Waals surface area contributed by atoms with Crippen LogP contribution in [-0.4, -0.2) is 62.1 Å². The number of aromatic nitrogens is 1. The van der Waals surface area contributed by atoms with Gasteiger partial charge in [-0.05, 0) is 36.1 Å². The summed E-state index contributed by atoms with van der Waals surface area (Å²) in [6.07, 6.45) is 2.29. The summed E-state index contributed by atoms with van der Waals surface area (Å²) in [5.74, 6) is -0.377. The molecule has 170 valence electrons. The van der Waals surface area contributed by atoms with Crippen LogP contribution in [0, 0.1) is 0 Å². The molecule has 0 radical (unpaired) electrons. The summed E-state index contributed by atoms with van der Waals surface area (Å²) in [6, 6.07) is 8.10. The summed E-state index contributed by atoms with van der Waals surface area (Å²) in [5.41, 5.74) is 6.43. The average molecular weight is 469 g/mol. The molecule has 1 saturated heterocycles. The second kappa shape index (κ2) is 8.73. The SMILES string of the molecule is CCC(C)c1ccc(S(=O)(=O)N2CCN(S(=O)(=O)c3cc(C(N)=O)n(C)c3)CC2)cc1. The third-order valence-electron chi connectivity index (χ3n) is 5.77. The molecule has 9 nitrogen and oxygen atoms in total. The summed E-state index contributed by atoms with van der Waals surface area (Å²) in [6.45, 7) is 4.30. The Kier molecular flexibility index (Phi) is 6.61. The molecule has 1 aliphatic heterocycles. The van der Waals surface area contributed by atoms with Gasteiger partial charge < -0.3 is 10.3 Å². The van der Waals surface area contributed by atoms with E-state index in [1.165, 1.54) is 32.5 Å². The van der Waals surface area contributed by atoms with Gasteiger partial charge in [-0.25, -0.2) is 16.8 Å². The Balaban J connectivity index is 1.73. The third kappa shape index (κ3) is 4.54. The molecule has 1 amide bonds. The van der Waals surface area contributed by atoms with E-state index in [1.807, 2.05) is 12.1 Å². The lowest BCUT2D eigenvalue weighted by Gasteiger charge is -2.33. The maximum absolute atomic E-state index is 13.0. The first-order chi connectivity index (χ1) is 14.5. The number of hydrogen-bond acceptors (Lipinski definition) is 5. The molecule has 3 rings (SSSR count). The van der Waals surface area contributed by atoms with E-state index in [0.717, 1.165) is 12.0 Å². The Hall–Kier alpha value is -2.21. The Bertz CT molecular complexity index is 1160. The van der Waals surface area contributed by atoms with Crippen molar-refractivity contribution in [2.75, 3.05) is 26.2 Å². The quantitative estimate of drug-likeness (QED) is 0.657. The maximum atomic E-state index is 13.0. The predicted molar refractivity (Wildman–Crippen MR) is 117 cm³/mol. The highest BCUT2D eigenvalue weighted by Gasteiger charge is 2.34. The molecule has 2 N–H and O–H groups in total. The van der Waals surface area contributed by atoms with Gasteiger partial charge in [0.05, 0.1) is 4.90 Å². The van der Waals surface area contributed by atoms with Crippen LogP contribution in [0.15, 0.2) is 46.3 Å². The van der Waals surface area contributed by atoms with E-state index in [2.05, 4.69) is 13.8 Å². The summed E-state index contributed by atoms with van der Waals surface area (Å²) in [4.78, 5) is 11.6. The molecule has 2 aromatic rings. The van der Waals surface area contributed by atoms with E-state index >= 15 is 0 Å². The van der Waals surface area contributed by atoms with Crippen LogP contribution in [0.4, 0.5) is 0 Å². The van der Waals surface area contributed by atoms with E-state index in [9.17, 15) is 21.6 Å². The number of carbonyl (C=O) groups is 1. The van der Waals surface area contributed by atoms with Gasteiger partial charge in [-0.1, -0.05) is 26.0 Å². The summed E-state index contributed by atoms with van der Waals surface area (Å²) < 4.78 is 55.7. The number of piperazine rings is 1. The number of hydrogen-bond donors (Lipinski definition) is 1. The number of benzene rings is 1. The van der Waals surface area contributed by atoms with Crippen LogP contribution in [-0.2, 0) is 27.1 Å². The van der Waals surface area contributed by atoms with Crippen molar-refractivity contribution >= 4 is 26.0 Å². The largest absolute Gasteiger partial charge is 0.364 e. The van der Waals surface area contributed by atoms with Crippen LogP contribution in [0.1, 0.15) is 42.2 Å². The van der Waals surface area contributed by atoms with Crippen molar-refractivity contribution in [3.8, 4) is 0 Å². The number of rotatable bonds is 7. The van der Waals surface area contributed by atoms with E-state index in [0.29, 0.717) is 5.92 Å². The van der Waals surface area contributed by atoms with E-state index in [-0.39, 0.29) is 41.7 Å². The summed E-state index contributed by atoms with van der Waals surface area (Å²) >= 11 is 0. The number of nitrogens with zero attached hydrogens (tertiary/aromatic N) is 3. The van der Waals surface area contributed by atoms with Gasteiger partial charge in [-0.15, -0.1) is 0 Å². The molecule has 2 heterocycles. The number of primary amides is 1. The number of carbonyl (C=O) groups excluding carboxylic acids is 1. The first kappa shape index (κ1) is 23.5. The highest BCUT2D eigenvalue weighted by molar-refractivity contribution is 7.89. The first-order valence-electron chi connectivity index (χ1n) is 10.0. The molecule has 1 aliphatic rings. The Labute approximate surface area is 183 Å². The minimum atomic E-state index is -3.87. The monoisotopic (exact) mass is 468 g/mol. The van der Waals surface area contributed by atoms with Gasteiger partial charge in [0.2, 0.25) is 20.0 Å². The molecule has 1 fully saturated rings. The second-order valence-electron chi connectivity index (χ2n) is 7.72. The van der Waals surface area contributed by atoms with Gasteiger partial charge >= 0.3 is 0 Å². The molecule has 1 aromatic carbocycles. The van der Waals surface area contributed by atoms with E-state index in [1.54, 1.807) is 12.1 Å². The van der Waals surface area contributed by atoms with Gasteiger partial charge in [-0.2, -0.15) is 8.61 Å². The van der Waals surface area contributed by atoms with Gasteiger partial charge in [0.15, 0.2) is 0 Å². The molecule has 11 heteroatoms. The van der Waals surface area contributed by atoms with Crippen molar-refractivity contribution in [1.29, 1.82) is 0 Å². The lowest BCUT2D eigenvalue weighted by atomic mass is 9.99. The zero-order valence-electron chi connectivity index (χ0n) is 17.9. The fourth-order valence-corrected chi connectivity index (χ4v) is 6.49. The van der Waals surface area contributed by atoms with Gasteiger partial charge in [0, 0.05) is 39.4 Å². The topological polar surface area (TPSA) is 123 Å². The van der Waals surface area contributed by atoms with Crippen LogP contribution < -0.4 is 5.73 Å². The van der Waals surface area contributed by atoms with Crippen molar-refractivity contribution in [3.63, 3.8) is 0 Å². The Morgan fingerprint density at radius 3 is 1.87 bits per heavy atom. The zero-order valence-corrected chi connectivity index (χ0v) is 19.5. The fraction of sp³-hybridized carbons (Fsp3) is 0.450. The van der Waals surface area contributed by atoms with Gasteiger partial charge in [0.1, 0.15) is 10.6 Å². The van der Waals surface area contributed by atoms with Crippen LogP contribution in [0.3, 0.4) is 0 Å². The fourth-order valence-electron chi connectivity index (χ4n) is 3.57. The predicted octanol–water partition coefficient (Wildman–Crippen LogP) is 1.33. The Morgan fingerprint density at radius 2 is 1.45 bits per heavy atom. The highest BCUT2D eigenvalue weighted by Crippen LogP contribution is 2.25. The second-order valence-corrected chi connectivity index (χ2v) is 11.6. The molecule has 0 saturated carbocycles. The summed E-state index contributed by atoms with van der Waals surface area (Å²) in [7, 11) is -6.04. The lowest BCUT2D eigenvalue weighted by Crippen LogP contribution is -2.50. The molecule has 0 spiro atoms. The normalized spacial score (nSPS) is 17.5. The number of amides is 1. The van der Waals surface area contributed by atoms with Crippen LogP contribution in [0.2, 0.25) is 0 Å². The minimum Gasteiger partial charge on any atom is -0.364 e. The summed E-state index contributed by atoms with van der Waals surface area (Å²) in [5, 5.41) is 0. The highest BCUT2D eigenvalue weighted by atomic mass is 32.2. The molecule has 31 heavy (non-hydrogen) atoms. The number of nitrogens with two attached hydrogens (primary N) is 1. The Morgan fingerprint density at radius 1 is 0.968 bits per heavy atom. The molecule has 0 aliphatic carbocycles. The third-order valence-corrected chi connectivity index (χ3v) is 9.54. The zero-order chi connectivity index (χ0) is 23.0. The van der Waals surface area contributed by atoms with Crippen molar-refractivity contribution < 1.29 is 21.6 Å². The minimum absolute atomic E-state index is 0.0211. The van der Waals surface area contributed by atoms with Crippen LogP contribution >= 0.6 is 0 Å². The molecule has 1 aromatic heterocycles. The van der Waals surface area contributed by atoms with Gasteiger partial charge in [-0.3, -0.25) is 4.79 Å². The lowest BCUT2D eigenvalue weighted by molar-refractivity contribution is 0.0992. The molecule has 1 atom stereocenters. The van der Waals surface area contributed by atoms with Crippen molar-refractivity contribution in [1.82, 2.24) is 13.2 Å².